The predicted molar refractivity (Wildman–Crippen MR) is 149 cm³/mol. The average Bonchev–Trinajstić information content (AvgIpc) is 3.28. The third-order valence-corrected chi connectivity index (χ3v) is 6.56. The topological polar surface area (TPSA) is 49.1 Å². The lowest BCUT2D eigenvalue weighted by Crippen LogP contribution is -2.16. The van der Waals surface area contributed by atoms with Gasteiger partial charge in [0.2, 0.25) is 0 Å². The van der Waals surface area contributed by atoms with Crippen molar-refractivity contribution in [3.63, 3.8) is 0 Å². The van der Waals surface area contributed by atoms with E-state index in [1.165, 1.54) is 0 Å². The van der Waals surface area contributed by atoms with E-state index in [0.29, 0.717) is 11.6 Å². The standard InChI is InChI=1S/C29H26ClN3O2.ClH/c1-4-35-22-7-5-6-20(16-22)28-23-13-15-27(34)33(3)26(23)14-12-24(28)29(25-17-32(2)18-31-25)19-8-10-21(30)11-9-19;/h5-18,29H,4H2,1-3H3;1H. The minimum absolute atomic E-state index is 0. The second kappa shape index (κ2) is 10.6. The number of benzene rings is 3. The quantitative estimate of drug-likeness (QED) is 0.254. The molecule has 0 fully saturated rings. The van der Waals surface area contributed by atoms with Crippen molar-refractivity contribution >= 4 is 34.9 Å². The van der Waals surface area contributed by atoms with E-state index in [1.54, 1.807) is 17.7 Å². The molecule has 2 heterocycles. The van der Waals surface area contributed by atoms with Gasteiger partial charge in [-0.1, -0.05) is 41.9 Å². The summed E-state index contributed by atoms with van der Waals surface area (Å²) in [6, 6.07) is 23.7. The highest BCUT2D eigenvalue weighted by molar-refractivity contribution is 6.30. The summed E-state index contributed by atoms with van der Waals surface area (Å²) < 4.78 is 9.47. The minimum Gasteiger partial charge on any atom is -0.494 e. The van der Waals surface area contributed by atoms with Crippen LogP contribution >= 0.6 is 24.0 Å². The Morgan fingerprint density at radius 3 is 2.47 bits per heavy atom. The number of ether oxygens (including phenoxy) is 1. The summed E-state index contributed by atoms with van der Waals surface area (Å²) in [6.07, 6.45) is 3.86. The molecule has 1 unspecified atom stereocenters. The molecule has 0 amide bonds. The second-order valence-corrected chi connectivity index (χ2v) is 9.04. The van der Waals surface area contributed by atoms with Crippen LogP contribution in [0.4, 0.5) is 0 Å². The first-order chi connectivity index (χ1) is 17.0. The molecule has 0 radical (unpaired) electrons. The molecule has 0 aliphatic heterocycles. The van der Waals surface area contributed by atoms with E-state index in [2.05, 4.69) is 18.2 Å². The summed E-state index contributed by atoms with van der Waals surface area (Å²) in [5.41, 5.74) is 5.99. The SMILES string of the molecule is CCOc1cccc(-c2c(C(c3ccc(Cl)cc3)c3cn(C)cn3)ccc3c2ccc(=O)n3C)c1.Cl. The Morgan fingerprint density at radius 1 is 1.00 bits per heavy atom. The molecule has 3 aromatic carbocycles. The van der Waals surface area contributed by atoms with Crippen LogP contribution in [0, 0.1) is 0 Å². The third kappa shape index (κ3) is 4.77. The highest BCUT2D eigenvalue weighted by Crippen LogP contribution is 2.41. The number of hydrogen-bond acceptors (Lipinski definition) is 3. The molecule has 1 atom stereocenters. The van der Waals surface area contributed by atoms with E-state index in [-0.39, 0.29) is 23.9 Å². The molecule has 7 heteroatoms. The van der Waals surface area contributed by atoms with Crippen LogP contribution in [-0.2, 0) is 14.1 Å². The Morgan fingerprint density at radius 2 is 1.78 bits per heavy atom. The van der Waals surface area contributed by atoms with Gasteiger partial charge in [-0.25, -0.2) is 4.98 Å². The van der Waals surface area contributed by atoms with Gasteiger partial charge in [0.15, 0.2) is 0 Å². The molecule has 0 saturated heterocycles. The number of rotatable bonds is 6. The van der Waals surface area contributed by atoms with E-state index in [0.717, 1.165) is 44.6 Å². The van der Waals surface area contributed by atoms with Crippen LogP contribution in [-0.4, -0.2) is 20.7 Å². The first-order valence-corrected chi connectivity index (χ1v) is 11.9. The number of aromatic nitrogens is 3. The zero-order valence-electron chi connectivity index (χ0n) is 20.3. The van der Waals surface area contributed by atoms with Crippen LogP contribution in [0.15, 0.2) is 90.1 Å². The molecule has 0 aliphatic carbocycles. The molecule has 0 bridgehead atoms. The van der Waals surface area contributed by atoms with Crippen molar-refractivity contribution in [2.45, 2.75) is 12.8 Å². The van der Waals surface area contributed by atoms with Crippen LogP contribution in [0.1, 0.15) is 29.7 Å². The maximum atomic E-state index is 12.4. The Labute approximate surface area is 221 Å². The lowest BCUT2D eigenvalue weighted by molar-refractivity contribution is 0.340. The normalized spacial score (nSPS) is 11.8. The zero-order chi connectivity index (χ0) is 24.5. The Balaban J connectivity index is 0.00000304. The van der Waals surface area contributed by atoms with Crippen LogP contribution in [0.3, 0.4) is 0 Å². The van der Waals surface area contributed by atoms with Crippen molar-refractivity contribution in [1.29, 1.82) is 0 Å². The Kier molecular flexibility index (Phi) is 7.53. The van der Waals surface area contributed by atoms with Crippen LogP contribution in [0.2, 0.25) is 5.02 Å². The summed E-state index contributed by atoms with van der Waals surface area (Å²) in [5, 5.41) is 1.68. The van der Waals surface area contributed by atoms with Crippen LogP contribution < -0.4 is 10.3 Å². The second-order valence-electron chi connectivity index (χ2n) is 8.60. The molecular formula is C29H27Cl2N3O2. The van der Waals surface area contributed by atoms with Crippen molar-refractivity contribution in [2.24, 2.45) is 14.1 Å². The van der Waals surface area contributed by atoms with Gasteiger partial charge in [-0.2, -0.15) is 0 Å². The number of nitrogens with zero attached hydrogens (tertiary/aromatic N) is 3. The van der Waals surface area contributed by atoms with Gasteiger partial charge in [0.05, 0.1) is 30.1 Å². The fraction of sp³-hybridized carbons (Fsp3) is 0.172. The van der Waals surface area contributed by atoms with Crippen molar-refractivity contribution in [1.82, 2.24) is 14.1 Å². The first-order valence-electron chi connectivity index (χ1n) is 11.6. The summed E-state index contributed by atoms with van der Waals surface area (Å²) >= 11 is 6.23. The van der Waals surface area contributed by atoms with E-state index in [9.17, 15) is 4.79 Å². The molecule has 5 rings (SSSR count). The van der Waals surface area contributed by atoms with Crippen molar-refractivity contribution in [3.05, 3.63) is 118 Å². The minimum atomic E-state index is -0.138. The largest absolute Gasteiger partial charge is 0.494 e. The molecule has 5 aromatic rings. The monoisotopic (exact) mass is 519 g/mol. The fourth-order valence-electron chi connectivity index (χ4n) is 4.69. The van der Waals surface area contributed by atoms with E-state index >= 15 is 0 Å². The van der Waals surface area contributed by atoms with Crippen LogP contribution in [0.25, 0.3) is 22.0 Å². The van der Waals surface area contributed by atoms with Crippen molar-refractivity contribution in [2.75, 3.05) is 6.61 Å². The molecule has 0 saturated carbocycles. The summed E-state index contributed by atoms with van der Waals surface area (Å²) in [7, 11) is 3.78. The summed E-state index contributed by atoms with van der Waals surface area (Å²) in [5.74, 6) is 0.666. The van der Waals surface area contributed by atoms with Gasteiger partial charge in [-0.05, 0) is 65.6 Å². The van der Waals surface area contributed by atoms with E-state index < -0.39 is 0 Å². The molecular weight excluding hydrogens is 493 g/mol. The van der Waals surface area contributed by atoms with Crippen LogP contribution in [0.5, 0.6) is 5.75 Å². The highest BCUT2D eigenvalue weighted by Gasteiger charge is 2.25. The number of fused-ring (bicyclic) bond motifs is 1. The highest BCUT2D eigenvalue weighted by atomic mass is 35.5. The van der Waals surface area contributed by atoms with Gasteiger partial charge in [0.1, 0.15) is 5.75 Å². The molecule has 0 spiro atoms. The van der Waals surface area contributed by atoms with Gasteiger partial charge in [-0.15, -0.1) is 12.4 Å². The number of aryl methyl sites for hydroxylation is 2. The molecule has 184 valence electrons. The van der Waals surface area contributed by atoms with E-state index in [4.69, 9.17) is 21.3 Å². The zero-order valence-corrected chi connectivity index (χ0v) is 21.9. The Hall–Kier alpha value is -3.54. The van der Waals surface area contributed by atoms with Gasteiger partial charge in [-0.3, -0.25) is 4.79 Å². The molecule has 0 aliphatic rings. The Bertz CT molecular complexity index is 1570. The van der Waals surface area contributed by atoms with Gasteiger partial charge < -0.3 is 13.9 Å². The lowest BCUT2D eigenvalue weighted by Gasteiger charge is -2.23. The fourth-order valence-corrected chi connectivity index (χ4v) is 4.82. The number of pyridine rings is 1. The average molecular weight is 520 g/mol. The maximum absolute atomic E-state index is 12.4. The summed E-state index contributed by atoms with van der Waals surface area (Å²) in [4.78, 5) is 17.2. The smallest absolute Gasteiger partial charge is 0.250 e. The number of imidazole rings is 1. The molecule has 0 N–H and O–H groups in total. The van der Waals surface area contributed by atoms with Crippen molar-refractivity contribution < 1.29 is 4.74 Å². The predicted octanol–water partition coefficient (Wildman–Crippen LogP) is 6.59. The lowest BCUT2D eigenvalue weighted by atomic mass is 9.82. The van der Waals surface area contributed by atoms with Gasteiger partial charge in [0.25, 0.3) is 5.56 Å². The maximum Gasteiger partial charge on any atom is 0.250 e. The van der Waals surface area contributed by atoms with Crippen molar-refractivity contribution in [3.8, 4) is 16.9 Å². The number of hydrogen-bond donors (Lipinski definition) is 0. The third-order valence-electron chi connectivity index (χ3n) is 6.31. The summed E-state index contributed by atoms with van der Waals surface area (Å²) in [6.45, 7) is 2.56. The van der Waals surface area contributed by atoms with Gasteiger partial charge >= 0.3 is 0 Å². The first kappa shape index (κ1) is 25.5. The molecule has 5 nitrogen and oxygen atoms in total. The molecule has 36 heavy (non-hydrogen) atoms. The van der Waals surface area contributed by atoms with Gasteiger partial charge in [0, 0.05) is 36.8 Å². The molecule has 2 aromatic heterocycles. The van der Waals surface area contributed by atoms with E-state index in [1.807, 2.05) is 79.6 Å². The number of halogens is 2.